The van der Waals surface area contributed by atoms with Gasteiger partial charge in [-0.3, -0.25) is 0 Å². The highest BCUT2D eigenvalue weighted by Gasteiger charge is 2.66. The Morgan fingerprint density at radius 1 is 1.32 bits per heavy atom. The van der Waals surface area contributed by atoms with Crippen LogP contribution in [-0.2, 0) is 14.3 Å². The number of fused-ring (bicyclic) bond motifs is 1. The Labute approximate surface area is 148 Å². The van der Waals surface area contributed by atoms with Crippen molar-refractivity contribution in [3.8, 4) is 0 Å². The van der Waals surface area contributed by atoms with Gasteiger partial charge in [-0.1, -0.05) is 26.0 Å². The van der Waals surface area contributed by atoms with Gasteiger partial charge in [-0.05, 0) is 43.1 Å². The summed E-state index contributed by atoms with van der Waals surface area (Å²) in [4.78, 5) is 11.7. The van der Waals surface area contributed by atoms with Crippen LogP contribution in [0.5, 0.6) is 0 Å². The molecule has 0 aromatic carbocycles. The molecule has 5 nitrogen and oxygen atoms in total. The molecule has 0 aromatic heterocycles. The summed E-state index contributed by atoms with van der Waals surface area (Å²) in [6.07, 6.45) is 8.85. The van der Waals surface area contributed by atoms with Crippen molar-refractivity contribution in [1.82, 2.24) is 0 Å². The van der Waals surface area contributed by atoms with E-state index in [1.165, 1.54) is 0 Å². The quantitative estimate of drug-likeness (QED) is 0.602. The molecular weight excluding hydrogens is 320 g/mol. The van der Waals surface area contributed by atoms with Crippen molar-refractivity contribution in [1.29, 1.82) is 0 Å². The SMILES string of the molecule is C[C@]1(CO)[C@H]2CCC3(CO3)[C@@H](/C=C/C3=CCOC3=O)[C@]2(C)CC[C@H]1O. The van der Waals surface area contributed by atoms with Crippen molar-refractivity contribution in [3.05, 3.63) is 23.8 Å². The lowest BCUT2D eigenvalue weighted by Gasteiger charge is -2.60. The molecule has 1 saturated heterocycles. The van der Waals surface area contributed by atoms with Gasteiger partial charge in [0.25, 0.3) is 0 Å². The number of ether oxygens (including phenoxy) is 2. The molecule has 25 heavy (non-hydrogen) atoms. The minimum absolute atomic E-state index is 0.00378. The van der Waals surface area contributed by atoms with E-state index in [9.17, 15) is 15.0 Å². The molecule has 3 fully saturated rings. The first-order valence-electron chi connectivity index (χ1n) is 9.34. The van der Waals surface area contributed by atoms with E-state index < -0.39 is 11.5 Å². The first-order valence-corrected chi connectivity index (χ1v) is 9.34. The lowest BCUT2D eigenvalue weighted by atomic mass is 9.45. The monoisotopic (exact) mass is 348 g/mol. The van der Waals surface area contributed by atoms with Gasteiger partial charge in [0.1, 0.15) is 6.61 Å². The van der Waals surface area contributed by atoms with Gasteiger partial charge in [0.05, 0.1) is 30.5 Å². The predicted octanol–water partition coefficient (Wildman–Crippen LogP) is 1.98. The van der Waals surface area contributed by atoms with E-state index in [0.717, 1.165) is 25.9 Å². The van der Waals surface area contributed by atoms with Crippen LogP contribution in [0.15, 0.2) is 23.8 Å². The summed E-state index contributed by atoms with van der Waals surface area (Å²) in [5.74, 6) is 0.132. The first-order chi connectivity index (χ1) is 11.9. The zero-order valence-corrected chi connectivity index (χ0v) is 15.0. The van der Waals surface area contributed by atoms with Crippen LogP contribution in [0.1, 0.15) is 39.5 Å². The molecule has 0 aromatic rings. The number of aliphatic hydroxyl groups is 2. The molecule has 4 rings (SSSR count). The topological polar surface area (TPSA) is 79.3 Å². The van der Waals surface area contributed by atoms with Crippen molar-refractivity contribution >= 4 is 5.97 Å². The molecule has 2 N–H and O–H groups in total. The summed E-state index contributed by atoms with van der Waals surface area (Å²) in [5.41, 5.74) is -0.0716. The average molecular weight is 348 g/mol. The number of cyclic esters (lactones) is 1. The molecule has 2 aliphatic carbocycles. The Kier molecular flexibility index (Phi) is 3.91. The summed E-state index contributed by atoms with van der Waals surface area (Å²) in [7, 11) is 0. The number of aliphatic hydroxyl groups excluding tert-OH is 2. The lowest BCUT2D eigenvalue weighted by Crippen LogP contribution is -2.60. The fourth-order valence-corrected chi connectivity index (χ4v) is 5.85. The Morgan fingerprint density at radius 3 is 2.68 bits per heavy atom. The average Bonchev–Trinajstić information content (AvgIpc) is 3.24. The van der Waals surface area contributed by atoms with Crippen LogP contribution in [0.3, 0.4) is 0 Å². The van der Waals surface area contributed by atoms with Gasteiger partial charge in [-0.2, -0.15) is 0 Å². The summed E-state index contributed by atoms with van der Waals surface area (Å²) >= 11 is 0. The summed E-state index contributed by atoms with van der Waals surface area (Å²) in [6.45, 7) is 5.39. The highest BCUT2D eigenvalue weighted by atomic mass is 16.6. The predicted molar refractivity (Wildman–Crippen MR) is 91.6 cm³/mol. The fraction of sp³-hybridized carbons (Fsp3) is 0.750. The van der Waals surface area contributed by atoms with Gasteiger partial charge in [0.15, 0.2) is 0 Å². The highest BCUT2D eigenvalue weighted by molar-refractivity contribution is 5.93. The Morgan fingerprint density at radius 2 is 2.08 bits per heavy atom. The second-order valence-corrected chi connectivity index (χ2v) is 8.76. The van der Waals surface area contributed by atoms with E-state index in [0.29, 0.717) is 18.6 Å². The van der Waals surface area contributed by atoms with E-state index in [4.69, 9.17) is 9.47 Å². The maximum Gasteiger partial charge on any atom is 0.338 e. The fourth-order valence-electron chi connectivity index (χ4n) is 5.85. The van der Waals surface area contributed by atoms with Crippen LogP contribution in [0.2, 0.25) is 0 Å². The third kappa shape index (κ3) is 2.43. The molecule has 0 amide bonds. The molecule has 2 aliphatic heterocycles. The van der Waals surface area contributed by atoms with Crippen molar-refractivity contribution in [2.24, 2.45) is 22.7 Å². The molecule has 138 valence electrons. The molecule has 5 heteroatoms. The van der Waals surface area contributed by atoms with Crippen LogP contribution in [0.4, 0.5) is 0 Å². The second-order valence-electron chi connectivity index (χ2n) is 8.76. The maximum absolute atomic E-state index is 11.7. The van der Waals surface area contributed by atoms with Crippen LogP contribution < -0.4 is 0 Å². The molecule has 1 spiro atoms. The molecular formula is C20H28O5. The van der Waals surface area contributed by atoms with Gasteiger partial charge < -0.3 is 19.7 Å². The minimum atomic E-state index is -0.485. The Hall–Kier alpha value is -1.17. The van der Waals surface area contributed by atoms with Crippen molar-refractivity contribution < 1.29 is 24.5 Å². The Balaban J connectivity index is 1.68. The third-order valence-corrected chi connectivity index (χ3v) is 7.52. The number of carbonyl (C=O) groups is 1. The van der Waals surface area contributed by atoms with Crippen molar-refractivity contribution in [2.75, 3.05) is 19.8 Å². The molecule has 1 unspecified atom stereocenters. The van der Waals surface area contributed by atoms with E-state index in [2.05, 4.69) is 13.0 Å². The number of carbonyl (C=O) groups excluding carboxylic acids is 1. The van der Waals surface area contributed by atoms with Crippen molar-refractivity contribution in [2.45, 2.75) is 51.2 Å². The van der Waals surface area contributed by atoms with Gasteiger partial charge in [0.2, 0.25) is 0 Å². The van der Waals surface area contributed by atoms with E-state index in [-0.39, 0.29) is 35.4 Å². The maximum atomic E-state index is 11.7. The number of epoxide rings is 1. The first kappa shape index (κ1) is 17.3. The number of hydrogen-bond acceptors (Lipinski definition) is 5. The molecule has 6 atom stereocenters. The minimum Gasteiger partial charge on any atom is -0.458 e. The zero-order chi connectivity index (χ0) is 17.9. The van der Waals surface area contributed by atoms with Crippen LogP contribution >= 0.6 is 0 Å². The summed E-state index contributed by atoms with van der Waals surface area (Å²) < 4.78 is 10.9. The highest BCUT2D eigenvalue weighted by Crippen LogP contribution is 2.65. The zero-order valence-electron chi connectivity index (χ0n) is 15.0. The molecule has 0 bridgehead atoms. The van der Waals surface area contributed by atoms with Crippen LogP contribution in [0, 0.1) is 22.7 Å². The molecule has 2 saturated carbocycles. The second kappa shape index (κ2) is 5.66. The molecule has 4 aliphatic rings. The third-order valence-electron chi connectivity index (χ3n) is 7.52. The van der Waals surface area contributed by atoms with Crippen molar-refractivity contribution in [3.63, 3.8) is 0 Å². The van der Waals surface area contributed by atoms with E-state index >= 15 is 0 Å². The van der Waals surface area contributed by atoms with Gasteiger partial charge in [0, 0.05) is 11.3 Å². The lowest BCUT2D eigenvalue weighted by molar-refractivity contribution is -0.167. The summed E-state index contributed by atoms with van der Waals surface area (Å²) in [6, 6.07) is 0. The van der Waals surface area contributed by atoms with E-state index in [1.54, 1.807) is 0 Å². The smallest absolute Gasteiger partial charge is 0.338 e. The van der Waals surface area contributed by atoms with E-state index in [1.807, 2.05) is 19.1 Å². The number of esters is 1. The van der Waals surface area contributed by atoms with Gasteiger partial charge in [-0.15, -0.1) is 0 Å². The standard InChI is InChI=1S/C20H28O5/c1-18-8-6-16(22)19(2,11-21)14(18)5-9-20(12-25-20)15(18)4-3-13-7-10-24-17(13)23/h3-4,7,14-16,21-22H,5-6,8-12H2,1-2H3/b4-3+/t14-,15-,16+,18+,19-,20?/m0/s1. The number of rotatable bonds is 3. The molecule has 2 heterocycles. The number of hydrogen-bond donors (Lipinski definition) is 2. The van der Waals surface area contributed by atoms with Crippen LogP contribution in [0.25, 0.3) is 0 Å². The van der Waals surface area contributed by atoms with Crippen LogP contribution in [-0.4, -0.2) is 47.7 Å². The summed E-state index contributed by atoms with van der Waals surface area (Å²) in [5, 5.41) is 20.6. The normalized spacial score (nSPS) is 49.2. The largest absolute Gasteiger partial charge is 0.458 e. The van der Waals surface area contributed by atoms with Gasteiger partial charge >= 0.3 is 5.97 Å². The molecule has 0 radical (unpaired) electrons. The van der Waals surface area contributed by atoms with Gasteiger partial charge in [-0.25, -0.2) is 4.79 Å². The Bertz CT molecular complexity index is 634.